The molecular formula is C27H39NO5Si. The van der Waals surface area contributed by atoms with Crippen molar-refractivity contribution in [3.63, 3.8) is 0 Å². The lowest BCUT2D eigenvalue weighted by Gasteiger charge is -2.36. The number of hydroxylamine groups is 2. The third-order valence-corrected chi connectivity index (χ3v) is 11.0. The molecule has 1 atom stereocenters. The molecule has 0 aliphatic rings. The molecule has 2 aromatic rings. The first-order valence-electron chi connectivity index (χ1n) is 11.7. The molecule has 0 spiro atoms. The summed E-state index contributed by atoms with van der Waals surface area (Å²) in [6.45, 7) is 11.5. The van der Waals surface area contributed by atoms with E-state index in [4.69, 9.17) is 14.0 Å². The molecule has 0 N–H and O–H groups in total. The van der Waals surface area contributed by atoms with Crippen LogP contribution in [0.4, 0.5) is 0 Å². The maximum atomic E-state index is 13.4. The van der Waals surface area contributed by atoms with Crippen LogP contribution in [0, 0.1) is 0 Å². The Morgan fingerprint density at radius 1 is 0.941 bits per heavy atom. The van der Waals surface area contributed by atoms with Crippen LogP contribution in [0.5, 0.6) is 0 Å². The minimum Gasteiger partial charge on any atom is -0.451 e. The first-order chi connectivity index (χ1) is 16.0. The summed E-state index contributed by atoms with van der Waals surface area (Å²) in [6, 6.07) is 18.9. The fraction of sp³-hybridized carbons (Fsp3) is 0.481. The molecule has 0 fully saturated rings. The molecule has 0 saturated carbocycles. The van der Waals surface area contributed by atoms with Crippen molar-refractivity contribution in [1.82, 2.24) is 5.06 Å². The molecule has 1 amide bonds. The van der Waals surface area contributed by atoms with Gasteiger partial charge in [0.15, 0.2) is 14.4 Å². The van der Waals surface area contributed by atoms with Gasteiger partial charge in [0.1, 0.15) is 5.92 Å². The summed E-state index contributed by atoms with van der Waals surface area (Å²) in [5, 5.41) is 1.20. The van der Waals surface area contributed by atoms with E-state index in [2.05, 4.69) is 33.9 Å². The van der Waals surface area contributed by atoms with Crippen molar-refractivity contribution in [2.45, 2.75) is 63.8 Å². The van der Waals surface area contributed by atoms with E-state index in [9.17, 15) is 9.59 Å². The monoisotopic (exact) mass is 485 g/mol. The van der Waals surface area contributed by atoms with Crippen LogP contribution in [0.25, 0.3) is 0 Å². The number of hydrogen-bond acceptors (Lipinski definition) is 5. The van der Waals surface area contributed by atoms with E-state index in [1.165, 1.54) is 14.2 Å². The molecule has 2 aromatic carbocycles. The van der Waals surface area contributed by atoms with Gasteiger partial charge in [0.25, 0.3) is 5.91 Å². The average Bonchev–Trinajstić information content (AvgIpc) is 2.80. The van der Waals surface area contributed by atoms with Crippen LogP contribution >= 0.6 is 0 Å². The second kappa shape index (κ2) is 12.3. The lowest BCUT2D eigenvalue weighted by Crippen LogP contribution is -2.42. The molecule has 6 nitrogen and oxygen atoms in total. The van der Waals surface area contributed by atoms with Crippen molar-refractivity contribution in [1.29, 1.82) is 0 Å². The van der Waals surface area contributed by atoms with Gasteiger partial charge in [-0.15, -0.1) is 0 Å². The third kappa shape index (κ3) is 7.51. The third-order valence-electron chi connectivity index (χ3n) is 6.50. The van der Waals surface area contributed by atoms with Gasteiger partial charge in [0.2, 0.25) is 0 Å². The Hall–Kier alpha value is -2.48. The lowest BCUT2D eigenvalue weighted by molar-refractivity contribution is -0.185. The van der Waals surface area contributed by atoms with Crippen LogP contribution < -0.4 is 0 Å². The maximum absolute atomic E-state index is 13.4. The molecule has 186 valence electrons. The zero-order valence-corrected chi connectivity index (χ0v) is 22.5. The molecule has 0 radical (unpaired) electrons. The van der Waals surface area contributed by atoms with Crippen LogP contribution in [0.2, 0.25) is 18.1 Å². The number of benzene rings is 2. The number of rotatable bonds is 11. The molecule has 2 rings (SSSR count). The molecular weight excluding hydrogens is 446 g/mol. The van der Waals surface area contributed by atoms with Gasteiger partial charge in [-0.1, -0.05) is 81.4 Å². The molecule has 34 heavy (non-hydrogen) atoms. The minimum atomic E-state index is -1.90. The fourth-order valence-corrected chi connectivity index (χ4v) is 4.39. The Bertz CT molecular complexity index is 872. The van der Waals surface area contributed by atoms with Gasteiger partial charge >= 0.3 is 5.97 Å². The van der Waals surface area contributed by atoms with Crippen LogP contribution in [-0.2, 0) is 23.6 Å². The lowest BCUT2D eigenvalue weighted by atomic mass is 9.91. The molecule has 7 heteroatoms. The highest BCUT2D eigenvalue weighted by molar-refractivity contribution is 6.74. The number of esters is 1. The average molecular weight is 486 g/mol. The Balaban J connectivity index is 2.18. The van der Waals surface area contributed by atoms with E-state index in [1.807, 2.05) is 60.7 Å². The van der Waals surface area contributed by atoms with Crippen LogP contribution in [0.3, 0.4) is 0 Å². The zero-order chi connectivity index (χ0) is 25.4. The van der Waals surface area contributed by atoms with Crippen molar-refractivity contribution < 1.29 is 23.6 Å². The van der Waals surface area contributed by atoms with E-state index >= 15 is 0 Å². The summed E-state index contributed by atoms with van der Waals surface area (Å²) in [6.07, 6.45) is -0.0199. The van der Waals surface area contributed by atoms with Crippen molar-refractivity contribution in [3.05, 3.63) is 71.8 Å². The van der Waals surface area contributed by atoms with E-state index in [0.717, 1.165) is 16.2 Å². The summed E-state index contributed by atoms with van der Waals surface area (Å²) >= 11 is 0. The topological polar surface area (TPSA) is 65.1 Å². The van der Waals surface area contributed by atoms with Gasteiger partial charge in [-0.2, -0.15) is 0 Å². The fourth-order valence-electron chi connectivity index (χ4n) is 3.30. The van der Waals surface area contributed by atoms with Gasteiger partial charge in [-0.05, 0) is 42.1 Å². The van der Waals surface area contributed by atoms with Crippen molar-refractivity contribution in [3.8, 4) is 0 Å². The van der Waals surface area contributed by atoms with Gasteiger partial charge in [0, 0.05) is 13.7 Å². The van der Waals surface area contributed by atoms with Crippen molar-refractivity contribution in [2.24, 2.45) is 0 Å². The SMILES string of the molecule is CON(C)C(=O)[C@@H](CCCO[Si](C)(C)C(C)(C)C)OC(=O)C(c1ccccc1)c1ccccc1. The summed E-state index contributed by atoms with van der Waals surface area (Å²) in [5.41, 5.74) is 1.62. The highest BCUT2D eigenvalue weighted by Crippen LogP contribution is 2.36. The van der Waals surface area contributed by atoms with Gasteiger partial charge < -0.3 is 9.16 Å². The van der Waals surface area contributed by atoms with Gasteiger partial charge in [0.05, 0.1) is 7.11 Å². The van der Waals surface area contributed by atoms with E-state index in [-0.39, 0.29) is 5.04 Å². The minimum absolute atomic E-state index is 0.101. The summed E-state index contributed by atoms with van der Waals surface area (Å²) in [4.78, 5) is 31.5. The first kappa shape index (κ1) is 27.8. The molecule has 0 bridgehead atoms. The summed E-state index contributed by atoms with van der Waals surface area (Å²) in [5.74, 6) is -1.50. The summed E-state index contributed by atoms with van der Waals surface area (Å²) in [7, 11) is 1.03. The van der Waals surface area contributed by atoms with Crippen molar-refractivity contribution >= 4 is 20.2 Å². The number of hydrogen-bond donors (Lipinski definition) is 0. The Kier molecular flexibility index (Phi) is 10.0. The smallest absolute Gasteiger partial charge is 0.318 e. The standard InChI is InChI=1S/C27H39NO5Si/c1-27(2,3)34(6,7)32-20-14-19-23(25(29)28(4)31-5)33-26(30)24(21-15-10-8-11-16-21)22-17-12-9-13-18-22/h8-13,15-18,23-24H,14,19-20H2,1-7H3/t23-/m1/s1. The van der Waals surface area contributed by atoms with E-state index < -0.39 is 32.2 Å². The first-order valence-corrected chi connectivity index (χ1v) is 14.6. The van der Waals surface area contributed by atoms with Gasteiger partial charge in [-0.25, -0.2) is 5.06 Å². The molecule has 0 unspecified atom stereocenters. The van der Waals surface area contributed by atoms with Crippen LogP contribution in [0.1, 0.15) is 50.7 Å². The quantitative estimate of drug-likeness (QED) is 0.181. The normalized spacial score (nSPS) is 12.9. The Morgan fingerprint density at radius 2 is 1.44 bits per heavy atom. The highest BCUT2D eigenvalue weighted by Gasteiger charge is 2.37. The predicted octanol–water partition coefficient (Wildman–Crippen LogP) is 5.55. The number of carbonyl (C=O) groups is 2. The zero-order valence-electron chi connectivity index (χ0n) is 21.5. The maximum Gasteiger partial charge on any atom is 0.318 e. The van der Waals surface area contributed by atoms with Crippen molar-refractivity contribution in [2.75, 3.05) is 20.8 Å². The number of carbonyl (C=O) groups excluding carboxylic acids is 2. The molecule has 0 aromatic heterocycles. The molecule has 0 aliphatic heterocycles. The predicted molar refractivity (Wildman–Crippen MR) is 137 cm³/mol. The Morgan fingerprint density at radius 3 is 1.88 bits per heavy atom. The number of ether oxygens (including phenoxy) is 1. The van der Waals surface area contributed by atoms with Gasteiger partial charge in [-0.3, -0.25) is 14.4 Å². The van der Waals surface area contributed by atoms with Crippen LogP contribution in [0.15, 0.2) is 60.7 Å². The second-order valence-corrected chi connectivity index (χ2v) is 14.8. The molecule has 0 saturated heterocycles. The van der Waals surface area contributed by atoms with Crippen LogP contribution in [-0.4, -0.2) is 52.1 Å². The van der Waals surface area contributed by atoms with E-state index in [1.54, 1.807) is 0 Å². The number of amides is 1. The largest absolute Gasteiger partial charge is 0.451 e. The highest BCUT2D eigenvalue weighted by atomic mass is 28.4. The summed E-state index contributed by atoms with van der Waals surface area (Å²) < 4.78 is 12.1. The molecule has 0 heterocycles. The second-order valence-electron chi connectivity index (χ2n) is 9.95. The van der Waals surface area contributed by atoms with E-state index in [0.29, 0.717) is 19.4 Å². The molecule has 0 aliphatic carbocycles. The number of nitrogens with zero attached hydrogens (tertiary/aromatic N) is 1. The number of likely N-dealkylation sites (N-methyl/N-ethyl adjacent to an activating group) is 1. The Labute approximate surface area is 205 Å².